The maximum absolute atomic E-state index is 12.9. The van der Waals surface area contributed by atoms with Crippen molar-refractivity contribution in [2.75, 3.05) is 16.8 Å². The lowest BCUT2D eigenvalue weighted by atomic mass is 10.00. The highest BCUT2D eigenvalue weighted by Crippen LogP contribution is 2.30. The summed E-state index contributed by atoms with van der Waals surface area (Å²) in [6.07, 6.45) is 3.40. The van der Waals surface area contributed by atoms with Crippen LogP contribution in [0.2, 0.25) is 0 Å². The zero-order valence-electron chi connectivity index (χ0n) is 14.9. The van der Waals surface area contributed by atoms with E-state index in [0.717, 1.165) is 41.9 Å². The lowest BCUT2D eigenvalue weighted by molar-refractivity contribution is -0.119. The summed E-state index contributed by atoms with van der Waals surface area (Å²) in [5.74, 6) is -0.295. The van der Waals surface area contributed by atoms with Crippen molar-refractivity contribution in [3.05, 3.63) is 59.4 Å². The molecule has 0 saturated heterocycles. The van der Waals surface area contributed by atoms with Crippen molar-refractivity contribution in [2.45, 2.75) is 39.0 Å². The molecule has 0 aromatic heterocycles. The van der Waals surface area contributed by atoms with Crippen molar-refractivity contribution >= 4 is 23.2 Å². The number of amides is 2. The van der Waals surface area contributed by atoms with Gasteiger partial charge in [-0.3, -0.25) is 9.59 Å². The number of rotatable bonds is 6. The molecule has 0 atom stereocenters. The summed E-state index contributed by atoms with van der Waals surface area (Å²) in [6.45, 7) is 2.84. The molecule has 4 nitrogen and oxygen atoms in total. The zero-order valence-corrected chi connectivity index (χ0v) is 14.9. The van der Waals surface area contributed by atoms with Crippen LogP contribution in [0.1, 0.15) is 37.3 Å². The molecule has 0 fully saturated rings. The van der Waals surface area contributed by atoms with Gasteiger partial charge in [-0.25, -0.2) is 4.39 Å². The first-order chi connectivity index (χ1) is 12.6. The Bertz CT molecular complexity index is 802. The first kappa shape index (κ1) is 18.1. The van der Waals surface area contributed by atoms with Crippen LogP contribution < -0.4 is 10.2 Å². The van der Waals surface area contributed by atoms with E-state index in [9.17, 15) is 14.0 Å². The fourth-order valence-corrected chi connectivity index (χ4v) is 3.19. The number of carbonyl (C=O) groups excluding carboxylic acids is 2. The van der Waals surface area contributed by atoms with Crippen molar-refractivity contribution < 1.29 is 14.0 Å². The van der Waals surface area contributed by atoms with E-state index < -0.39 is 0 Å². The van der Waals surface area contributed by atoms with E-state index in [-0.39, 0.29) is 24.1 Å². The Hall–Kier alpha value is -2.69. The number of fused-ring (bicyclic) bond motifs is 1. The molecule has 5 heteroatoms. The smallest absolute Gasteiger partial charge is 0.228 e. The Morgan fingerprint density at radius 2 is 1.92 bits per heavy atom. The minimum absolute atomic E-state index is 0.147. The number of hydrogen-bond donors (Lipinski definition) is 1. The first-order valence-corrected chi connectivity index (χ1v) is 9.04. The Morgan fingerprint density at radius 3 is 2.65 bits per heavy atom. The molecule has 2 aromatic carbocycles. The molecule has 0 unspecified atom stereocenters. The molecule has 3 rings (SSSR count). The summed E-state index contributed by atoms with van der Waals surface area (Å²) in [6, 6.07) is 11.6. The molecule has 1 aliphatic heterocycles. The van der Waals surface area contributed by atoms with Gasteiger partial charge in [-0.1, -0.05) is 25.5 Å². The predicted molar refractivity (Wildman–Crippen MR) is 101 cm³/mol. The van der Waals surface area contributed by atoms with E-state index in [1.54, 1.807) is 12.1 Å². The highest BCUT2D eigenvalue weighted by Gasteiger charge is 2.23. The summed E-state index contributed by atoms with van der Waals surface area (Å²) in [5, 5.41) is 2.89. The monoisotopic (exact) mass is 354 g/mol. The van der Waals surface area contributed by atoms with Crippen LogP contribution in [-0.2, 0) is 22.4 Å². The molecule has 0 spiro atoms. The number of benzene rings is 2. The van der Waals surface area contributed by atoms with Crippen LogP contribution in [0.15, 0.2) is 42.5 Å². The van der Waals surface area contributed by atoms with Gasteiger partial charge in [0.2, 0.25) is 11.8 Å². The summed E-state index contributed by atoms with van der Waals surface area (Å²) < 4.78 is 12.9. The Labute approximate surface area is 153 Å². The SMILES string of the molecule is CCCCN1C(=O)CCc2cc(NC(=O)Cc3ccc(F)cc3)ccc21. The van der Waals surface area contributed by atoms with E-state index in [4.69, 9.17) is 0 Å². The lowest BCUT2D eigenvalue weighted by Gasteiger charge is -2.29. The van der Waals surface area contributed by atoms with Crippen LogP contribution in [0, 0.1) is 5.82 Å². The number of unbranched alkanes of at least 4 members (excludes halogenated alkanes) is 1. The molecule has 1 heterocycles. The number of nitrogens with one attached hydrogen (secondary N) is 1. The van der Waals surface area contributed by atoms with Crippen molar-refractivity contribution in [3.8, 4) is 0 Å². The van der Waals surface area contributed by atoms with Gasteiger partial charge in [0.25, 0.3) is 0 Å². The van der Waals surface area contributed by atoms with Gasteiger partial charge in [0, 0.05) is 24.3 Å². The largest absolute Gasteiger partial charge is 0.326 e. The molecular weight excluding hydrogens is 331 g/mol. The predicted octanol–water partition coefficient (Wildman–Crippen LogP) is 4.09. The normalized spacial score (nSPS) is 13.5. The van der Waals surface area contributed by atoms with Gasteiger partial charge in [0.1, 0.15) is 5.82 Å². The van der Waals surface area contributed by atoms with Crippen LogP contribution in [0.4, 0.5) is 15.8 Å². The third kappa shape index (κ3) is 4.28. The van der Waals surface area contributed by atoms with E-state index >= 15 is 0 Å². The second-order valence-electron chi connectivity index (χ2n) is 6.59. The second kappa shape index (κ2) is 8.13. The maximum Gasteiger partial charge on any atom is 0.228 e. The summed E-state index contributed by atoms with van der Waals surface area (Å²) in [4.78, 5) is 26.3. The van der Waals surface area contributed by atoms with Gasteiger partial charge >= 0.3 is 0 Å². The molecule has 0 aliphatic carbocycles. The fourth-order valence-electron chi connectivity index (χ4n) is 3.19. The van der Waals surface area contributed by atoms with Crippen molar-refractivity contribution in [2.24, 2.45) is 0 Å². The van der Waals surface area contributed by atoms with E-state index in [1.165, 1.54) is 12.1 Å². The van der Waals surface area contributed by atoms with Crippen molar-refractivity contribution in [1.82, 2.24) is 0 Å². The fraction of sp³-hybridized carbons (Fsp3) is 0.333. The van der Waals surface area contributed by atoms with Crippen LogP contribution >= 0.6 is 0 Å². The molecule has 2 amide bonds. The summed E-state index contributed by atoms with van der Waals surface area (Å²) in [5.41, 5.74) is 3.52. The van der Waals surface area contributed by atoms with E-state index in [0.29, 0.717) is 12.8 Å². The van der Waals surface area contributed by atoms with Crippen molar-refractivity contribution in [1.29, 1.82) is 0 Å². The highest BCUT2D eigenvalue weighted by molar-refractivity contribution is 5.97. The molecule has 26 heavy (non-hydrogen) atoms. The zero-order chi connectivity index (χ0) is 18.5. The van der Waals surface area contributed by atoms with Crippen molar-refractivity contribution in [3.63, 3.8) is 0 Å². The average Bonchev–Trinajstić information content (AvgIpc) is 2.63. The van der Waals surface area contributed by atoms with Crippen LogP contribution in [0.3, 0.4) is 0 Å². The minimum atomic E-state index is -0.314. The highest BCUT2D eigenvalue weighted by atomic mass is 19.1. The quantitative estimate of drug-likeness (QED) is 0.849. The maximum atomic E-state index is 12.9. The van der Waals surface area contributed by atoms with Gasteiger partial charge < -0.3 is 10.2 Å². The number of carbonyl (C=O) groups is 2. The number of aryl methyl sites for hydroxylation is 1. The molecule has 1 N–H and O–H groups in total. The van der Waals surface area contributed by atoms with E-state index in [2.05, 4.69) is 12.2 Å². The van der Waals surface area contributed by atoms with Crippen LogP contribution in [0.5, 0.6) is 0 Å². The molecule has 136 valence electrons. The minimum Gasteiger partial charge on any atom is -0.326 e. The number of hydrogen-bond acceptors (Lipinski definition) is 2. The second-order valence-corrected chi connectivity index (χ2v) is 6.59. The third-order valence-electron chi connectivity index (χ3n) is 4.58. The third-order valence-corrected chi connectivity index (χ3v) is 4.58. The molecule has 0 bridgehead atoms. The van der Waals surface area contributed by atoms with Gasteiger partial charge in [0.05, 0.1) is 6.42 Å². The Morgan fingerprint density at radius 1 is 1.15 bits per heavy atom. The Balaban J connectivity index is 1.69. The molecule has 0 saturated carbocycles. The average molecular weight is 354 g/mol. The molecule has 0 radical (unpaired) electrons. The van der Waals surface area contributed by atoms with Gasteiger partial charge in [-0.05, 0) is 54.3 Å². The molecule has 2 aromatic rings. The van der Waals surface area contributed by atoms with Crippen LogP contribution in [-0.4, -0.2) is 18.4 Å². The van der Waals surface area contributed by atoms with Gasteiger partial charge in [-0.15, -0.1) is 0 Å². The van der Waals surface area contributed by atoms with E-state index in [1.807, 2.05) is 23.1 Å². The number of anilines is 2. The van der Waals surface area contributed by atoms with Crippen LogP contribution in [0.25, 0.3) is 0 Å². The topological polar surface area (TPSA) is 49.4 Å². The summed E-state index contributed by atoms with van der Waals surface area (Å²) >= 11 is 0. The lowest BCUT2D eigenvalue weighted by Crippen LogP contribution is -2.35. The molecular formula is C21H23FN2O2. The number of nitrogens with zero attached hydrogens (tertiary/aromatic N) is 1. The molecule has 1 aliphatic rings. The first-order valence-electron chi connectivity index (χ1n) is 9.04. The van der Waals surface area contributed by atoms with Gasteiger partial charge in [0.15, 0.2) is 0 Å². The Kier molecular flexibility index (Phi) is 5.66. The number of halogens is 1. The van der Waals surface area contributed by atoms with Gasteiger partial charge in [-0.2, -0.15) is 0 Å². The summed E-state index contributed by atoms with van der Waals surface area (Å²) in [7, 11) is 0. The standard InChI is InChI=1S/C21H23FN2O2/c1-2-3-12-24-19-10-9-18(14-16(19)6-11-21(24)26)23-20(25)13-15-4-7-17(22)8-5-15/h4-5,7-10,14H,2-3,6,11-13H2,1H3,(H,23,25).